The lowest BCUT2D eigenvalue weighted by Gasteiger charge is -2.14. The van der Waals surface area contributed by atoms with Crippen LogP contribution < -0.4 is 0 Å². The summed E-state index contributed by atoms with van der Waals surface area (Å²) in [6.45, 7) is 0. The van der Waals surface area contributed by atoms with Gasteiger partial charge in [0, 0.05) is 42.1 Å². The molecule has 0 saturated carbocycles. The summed E-state index contributed by atoms with van der Waals surface area (Å²) in [4.78, 5) is 10.6. The van der Waals surface area contributed by atoms with Crippen LogP contribution in [0.2, 0.25) is 0 Å². The van der Waals surface area contributed by atoms with E-state index in [-0.39, 0.29) is 0 Å². The quantitative estimate of drug-likeness (QED) is 0.185. The molecule has 0 aliphatic heterocycles. The summed E-state index contributed by atoms with van der Waals surface area (Å²) in [6.07, 6.45) is 0. The van der Waals surface area contributed by atoms with Crippen LogP contribution in [-0.2, 0) is 0 Å². The van der Waals surface area contributed by atoms with Crippen LogP contribution >= 0.6 is 11.3 Å². The zero-order valence-electron chi connectivity index (χ0n) is 26.9. The van der Waals surface area contributed by atoms with Gasteiger partial charge in [-0.25, -0.2) is 9.97 Å². The van der Waals surface area contributed by atoms with Crippen LogP contribution in [-0.4, -0.2) is 9.97 Å². The maximum atomic E-state index is 6.79. The van der Waals surface area contributed by atoms with Gasteiger partial charge in [-0.1, -0.05) is 140 Å². The van der Waals surface area contributed by atoms with Crippen molar-refractivity contribution in [3.63, 3.8) is 0 Å². The highest BCUT2D eigenvalue weighted by Crippen LogP contribution is 2.46. The SMILES string of the molecule is c1ccc(-c2cc(-c3ccccc3-c3ccccc3)nc(-c3ccc(-c4cccc5sc6ccccc6c45)c4c3oc3ccccc34)n2)cc1. The van der Waals surface area contributed by atoms with E-state index in [2.05, 4.69) is 146 Å². The molecule has 3 aromatic heterocycles. The van der Waals surface area contributed by atoms with Crippen LogP contribution in [0.1, 0.15) is 0 Å². The first-order valence-corrected chi connectivity index (χ1v) is 17.6. The third-order valence-corrected chi connectivity index (χ3v) is 10.7. The molecule has 0 bridgehead atoms. The molecule has 0 fully saturated rings. The van der Waals surface area contributed by atoms with Gasteiger partial charge in [-0.2, -0.15) is 0 Å². The van der Waals surface area contributed by atoms with Crippen molar-refractivity contribution in [1.82, 2.24) is 9.97 Å². The molecule has 7 aromatic carbocycles. The van der Waals surface area contributed by atoms with Gasteiger partial charge in [0.25, 0.3) is 0 Å². The first kappa shape index (κ1) is 28.6. The molecule has 4 heteroatoms. The lowest BCUT2D eigenvalue weighted by molar-refractivity contribution is 0.669. The summed E-state index contributed by atoms with van der Waals surface area (Å²) >= 11 is 1.84. The lowest BCUT2D eigenvalue weighted by Crippen LogP contribution is -1.97. The first-order valence-electron chi connectivity index (χ1n) is 16.7. The number of benzene rings is 7. The highest BCUT2D eigenvalue weighted by atomic mass is 32.1. The molecule has 0 spiro atoms. The standard InChI is InChI=1S/C46H28N2OS/c1-3-14-29(15-4-1)31-18-7-8-19-32(31)39-28-38(30-16-5-2-6-17-30)47-46(48-39)37-27-26-34(44-35-20-9-11-23-40(35)49-45(37)44)33-22-13-25-42-43(33)36-21-10-12-24-41(36)50-42/h1-28H. The minimum atomic E-state index is 0.624. The molecule has 10 aromatic rings. The zero-order chi connectivity index (χ0) is 33.0. The van der Waals surface area contributed by atoms with E-state index in [4.69, 9.17) is 14.4 Å². The number of para-hydroxylation sites is 1. The van der Waals surface area contributed by atoms with Crippen molar-refractivity contribution in [2.24, 2.45) is 0 Å². The monoisotopic (exact) mass is 656 g/mol. The van der Waals surface area contributed by atoms with Crippen molar-refractivity contribution in [3.05, 3.63) is 170 Å². The van der Waals surface area contributed by atoms with Gasteiger partial charge in [0.15, 0.2) is 5.82 Å². The molecule has 0 atom stereocenters. The van der Waals surface area contributed by atoms with E-state index in [9.17, 15) is 0 Å². The van der Waals surface area contributed by atoms with E-state index in [0.717, 1.165) is 66.7 Å². The maximum Gasteiger partial charge on any atom is 0.164 e. The van der Waals surface area contributed by atoms with Crippen LogP contribution in [0.4, 0.5) is 0 Å². The number of hydrogen-bond acceptors (Lipinski definition) is 4. The van der Waals surface area contributed by atoms with Gasteiger partial charge in [-0.3, -0.25) is 0 Å². The maximum absolute atomic E-state index is 6.79. The molecule has 0 aliphatic carbocycles. The second-order valence-corrected chi connectivity index (χ2v) is 13.6. The molecule has 0 unspecified atom stereocenters. The van der Waals surface area contributed by atoms with Gasteiger partial charge in [0.1, 0.15) is 11.2 Å². The predicted molar refractivity (Wildman–Crippen MR) is 209 cm³/mol. The Morgan fingerprint density at radius 3 is 1.84 bits per heavy atom. The third-order valence-electron chi connectivity index (χ3n) is 9.54. The summed E-state index contributed by atoms with van der Waals surface area (Å²) in [5.41, 5.74) is 10.9. The van der Waals surface area contributed by atoms with Crippen molar-refractivity contribution >= 4 is 53.4 Å². The van der Waals surface area contributed by atoms with Crippen molar-refractivity contribution in [2.45, 2.75) is 0 Å². The van der Waals surface area contributed by atoms with Crippen LogP contribution in [0.15, 0.2) is 174 Å². The summed E-state index contributed by atoms with van der Waals surface area (Å²) in [5, 5.41) is 4.69. The minimum Gasteiger partial charge on any atom is -0.455 e. The molecule has 0 saturated heterocycles. The van der Waals surface area contributed by atoms with E-state index in [1.807, 2.05) is 35.6 Å². The second kappa shape index (κ2) is 11.7. The van der Waals surface area contributed by atoms with E-state index in [0.29, 0.717) is 5.82 Å². The van der Waals surface area contributed by atoms with Gasteiger partial charge in [0.05, 0.1) is 17.0 Å². The van der Waals surface area contributed by atoms with Gasteiger partial charge in [-0.05, 0) is 52.6 Å². The number of furan rings is 1. The molecule has 0 radical (unpaired) electrons. The van der Waals surface area contributed by atoms with Gasteiger partial charge < -0.3 is 4.42 Å². The molecular formula is C46H28N2OS. The van der Waals surface area contributed by atoms with E-state index in [1.165, 1.54) is 25.7 Å². The number of aromatic nitrogens is 2. The van der Waals surface area contributed by atoms with Crippen LogP contribution in [0.3, 0.4) is 0 Å². The predicted octanol–water partition coefficient (Wildman–Crippen LogP) is 13.1. The zero-order valence-corrected chi connectivity index (χ0v) is 27.7. The van der Waals surface area contributed by atoms with E-state index in [1.54, 1.807) is 0 Å². The Morgan fingerprint density at radius 2 is 1.00 bits per heavy atom. The Bertz CT molecular complexity index is 2870. The van der Waals surface area contributed by atoms with E-state index < -0.39 is 0 Å². The van der Waals surface area contributed by atoms with Gasteiger partial charge >= 0.3 is 0 Å². The van der Waals surface area contributed by atoms with Crippen molar-refractivity contribution in [2.75, 3.05) is 0 Å². The Kier molecular flexibility index (Phi) is 6.68. The molecule has 50 heavy (non-hydrogen) atoms. The molecule has 3 heterocycles. The summed E-state index contributed by atoms with van der Waals surface area (Å²) in [6, 6.07) is 59.4. The number of hydrogen-bond donors (Lipinski definition) is 0. The molecular weight excluding hydrogens is 629 g/mol. The van der Waals surface area contributed by atoms with Gasteiger partial charge in [-0.15, -0.1) is 11.3 Å². The Hall–Kier alpha value is -6.36. The lowest BCUT2D eigenvalue weighted by atomic mass is 9.93. The summed E-state index contributed by atoms with van der Waals surface area (Å²) < 4.78 is 9.35. The normalized spacial score (nSPS) is 11.6. The van der Waals surface area contributed by atoms with Crippen molar-refractivity contribution < 1.29 is 4.42 Å². The van der Waals surface area contributed by atoms with Crippen molar-refractivity contribution in [3.8, 4) is 56.2 Å². The van der Waals surface area contributed by atoms with Crippen LogP contribution in [0, 0.1) is 0 Å². The number of rotatable bonds is 5. The Morgan fingerprint density at radius 1 is 0.400 bits per heavy atom. The molecule has 3 nitrogen and oxygen atoms in total. The van der Waals surface area contributed by atoms with Crippen LogP contribution in [0.25, 0.3) is 98.3 Å². The average molecular weight is 657 g/mol. The fourth-order valence-electron chi connectivity index (χ4n) is 7.27. The Labute approximate surface area is 292 Å². The number of fused-ring (bicyclic) bond motifs is 6. The smallest absolute Gasteiger partial charge is 0.164 e. The summed E-state index contributed by atoms with van der Waals surface area (Å²) in [5.74, 6) is 0.624. The van der Waals surface area contributed by atoms with E-state index >= 15 is 0 Å². The first-order chi connectivity index (χ1) is 24.8. The molecule has 0 amide bonds. The topological polar surface area (TPSA) is 38.9 Å². The number of nitrogens with zero attached hydrogens (tertiary/aromatic N) is 2. The fourth-order valence-corrected chi connectivity index (χ4v) is 8.40. The molecule has 0 N–H and O–H groups in total. The highest BCUT2D eigenvalue weighted by molar-refractivity contribution is 7.25. The number of thiophene rings is 1. The average Bonchev–Trinajstić information content (AvgIpc) is 3.77. The largest absolute Gasteiger partial charge is 0.455 e. The fraction of sp³-hybridized carbons (Fsp3) is 0. The van der Waals surface area contributed by atoms with Gasteiger partial charge in [0.2, 0.25) is 0 Å². The van der Waals surface area contributed by atoms with Crippen molar-refractivity contribution in [1.29, 1.82) is 0 Å². The van der Waals surface area contributed by atoms with Crippen LogP contribution in [0.5, 0.6) is 0 Å². The minimum absolute atomic E-state index is 0.624. The summed E-state index contributed by atoms with van der Waals surface area (Å²) in [7, 11) is 0. The highest BCUT2D eigenvalue weighted by Gasteiger charge is 2.22. The molecule has 10 rings (SSSR count). The molecule has 0 aliphatic rings. The molecule has 234 valence electrons. The Balaban J connectivity index is 1.26. The second-order valence-electron chi connectivity index (χ2n) is 12.5. The third kappa shape index (κ3) is 4.65.